The summed E-state index contributed by atoms with van der Waals surface area (Å²) in [5.41, 5.74) is 1.13. The molecule has 154 valence electrons. The van der Waals surface area contributed by atoms with Crippen molar-refractivity contribution in [3.63, 3.8) is 0 Å². The van der Waals surface area contributed by atoms with E-state index in [2.05, 4.69) is 0 Å². The van der Waals surface area contributed by atoms with Gasteiger partial charge in [-0.1, -0.05) is 50.2 Å². The molecule has 30 heavy (non-hydrogen) atoms. The summed E-state index contributed by atoms with van der Waals surface area (Å²) in [5.74, 6) is 1.44. The molecule has 0 fully saturated rings. The molecule has 6 nitrogen and oxygen atoms in total. The number of hydrogen-bond donors (Lipinski definition) is 0. The summed E-state index contributed by atoms with van der Waals surface area (Å²) < 4.78 is 5.89. The van der Waals surface area contributed by atoms with Crippen LogP contribution in [-0.4, -0.2) is 22.3 Å². The van der Waals surface area contributed by atoms with Crippen molar-refractivity contribution in [2.45, 2.75) is 20.4 Å². The Kier molecular flexibility index (Phi) is 6.80. The SMILES string of the molecule is CC(C)CN(Cc1cccc(Oc2ccccc2)c1)C(=O)c1cccc([N+](=O)[O-])c1. The van der Waals surface area contributed by atoms with Crippen LogP contribution in [0.2, 0.25) is 0 Å². The van der Waals surface area contributed by atoms with E-state index < -0.39 is 4.92 Å². The van der Waals surface area contributed by atoms with Crippen LogP contribution in [0.5, 0.6) is 11.5 Å². The average Bonchev–Trinajstić information content (AvgIpc) is 2.73. The van der Waals surface area contributed by atoms with E-state index in [1.54, 1.807) is 11.0 Å². The van der Waals surface area contributed by atoms with E-state index in [1.165, 1.54) is 18.2 Å². The number of benzene rings is 3. The quantitative estimate of drug-likeness (QED) is 0.357. The van der Waals surface area contributed by atoms with Crippen molar-refractivity contribution < 1.29 is 14.5 Å². The van der Waals surface area contributed by atoms with Crippen LogP contribution in [0.25, 0.3) is 0 Å². The number of non-ortho nitro benzene ring substituents is 1. The molecule has 6 heteroatoms. The van der Waals surface area contributed by atoms with Crippen molar-refractivity contribution in [1.29, 1.82) is 0 Å². The Morgan fingerprint density at radius 2 is 1.67 bits per heavy atom. The molecule has 0 aliphatic rings. The minimum atomic E-state index is -0.492. The van der Waals surface area contributed by atoms with E-state index in [9.17, 15) is 14.9 Å². The van der Waals surface area contributed by atoms with Gasteiger partial charge in [0.25, 0.3) is 11.6 Å². The Balaban J connectivity index is 1.81. The molecule has 0 N–H and O–H groups in total. The maximum Gasteiger partial charge on any atom is 0.270 e. The highest BCUT2D eigenvalue weighted by Gasteiger charge is 2.20. The molecule has 3 aromatic rings. The zero-order chi connectivity index (χ0) is 21.5. The van der Waals surface area contributed by atoms with E-state index in [4.69, 9.17) is 4.74 Å². The maximum atomic E-state index is 13.1. The summed E-state index contributed by atoms with van der Waals surface area (Å²) in [4.78, 5) is 25.4. The minimum Gasteiger partial charge on any atom is -0.457 e. The second kappa shape index (κ2) is 9.69. The lowest BCUT2D eigenvalue weighted by Gasteiger charge is -2.25. The van der Waals surface area contributed by atoms with Crippen LogP contribution >= 0.6 is 0 Å². The van der Waals surface area contributed by atoms with Gasteiger partial charge in [-0.15, -0.1) is 0 Å². The van der Waals surface area contributed by atoms with Gasteiger partial charge in [-0.25, -0.2) is 0 Å². The predicted octanol–water partition coefficient (Wildman–Crippen LogP) is 5.69. The molecule has 0 radical (unpaired) electrons. The van der Waals surface area contributed by atoms with Gasteiger partial charge in [-0.3, -0.25) is 14.9 Å². The van der Waals surface area contributed by atoms with Gasteiger partial charge in [-0.2, -0.15) is 0 Å². The zero-order valence-corrected chi connectivity index (χ0v) is 17.0. The molecular weight excluding hydrogens is 380 g/mol. The number of nitro benzene ring substituents is 1. The number of carbonyl (C=O) groups excluding carboxylic acids is 1. The number of carbonyl (C=O) groups is 1. The predicted molar refractivity (Wildman–Crippen MR) is 116 cm³/mol. The van der Waals surface area contributed by atoms with Crippen LogP contribution in [0, 0.1) is 16.0 Å². The number of amides is 1. The summed E-state index contributed by atoms with van der Waals surface area (Å²) in [6.45, 7) is 4.97. The minimum absolute atomic E-state index is 0.0939. The number of hydrogen-bond acceptors (Lipinski definition) is 4. The summed E-state index contributed by atoms with van der Waals surface area (Å²) in [7, 11) is 0. The largest absolute Gasteiger partial charge is 0.457 e. The van der Waals surface area contributed by atoms with Gasteiger partial charge >= 0.3 is 0 Å². The molecule has 0 heterocycles. The van der Waals surface area contributed by atoms with Crippen LogP contribution in [0.3, 0.4) is 0 Å². The fourth-order valence-electron chi connectivity index (χ4n) is 3.15. The standard InChI is InChI=1S/C24H24N2O4/c1-18(2)16-25(24(27)20-9-7-10-21(15-20)26(28)29)17-19-8-6-13-23(14-19)30-22-11-4-3-5-12-22/h3-15,18H,16-17H2,1-2H3. The van der Waals surface area contributed by atoms with E-state index in [0.29, 0.717) is 24.4 Å². The van der Waals surface area contributed by atoms with Crippen molar-refractivity contribution in [3.05, 3.63) is 100 Å². The van der Waals surface area contributed by atoms with Gasteiger partial charge in [0.05, 0.1) is 4.92 Å². The Bertz CT molecular complexity index is 1020. The Morgan fingerprint density at radius 3 is 2.37 bits per heavy atom. The van der Waals surface area contributed by atoms with Gasteiger partial charge < -0.3 is 9.64 Å². The molecule has 0 aliphatic carbocycles. The summed E-state index contributed by atoms with van der Waals surface area (Å²) >= 11 is 0. The highest BCUT2D eigenvalue weighted by molar-refractivity contribution is 5.94. The monoisotopic (exact) mass is 404 g/mol. The molecule has 1 amide bonds. The van der Waals surface area contributed by atoms with Gasteiger partial charge in [0, 0.05) is 30.8 Å². The van der Waals surface area contributed by atoms with Crippen molar-refractivity contribution in [2.75, 3.05) is 6.54 Å². The Hall–Kier alpha value is -3.67. The van der Waals surface area contributed by atoms with Crippen LogP contribution in [-0.2, 0) is 6.54 Å². The van der Waals surface area contributed by atoms with E-state index in [0.717, 1.165) is 11.3 Å². The number of rotatable bonds is 8. The molecule has 0 aromatic heterocycles. The average molecular weight is 404 g/mol. The number of para-hydroxylation sites is 1. The lowest BCUT2D eigenvalue weighted by Crippen LogP contribution is -2.33. The Morgan fingerprint density at radius 1 is 0.967 bits per heavy atom. The maximum absolute atomic E-state index is 13.1. The first-order valence-corrected chi connectivity index (χ1v) is 9.78. The molecule has 0 atom stereocenters. The van der Waals surface area contributed by atoms with Gasteiger partial charge in [0.1, 0.15) is 11.5 Å². The molecule has 3 rings (SSSR count). The van der Waals surface area contributed by atoms with E-state index >= 15 is 0 Å². The molecule has 0 spiro atoms. The number of ether oxygens (including phenoxy) is 1. The van der Waals surface area contributed by atoms with Gasteiger partial charge in [0.15, 0.2) is 0 Å². The van der Waals surface area contributed by atoms with Crippen LogP contribution < -0.4 is 4.74 Å². The smallest absolute Gasteiger partial charge is 0.270 e. The third-order valence-electron chi connectivity index (χ3n) is 4.43. The molecule has 0 aliphatic heterocycles. The Labute approximate surface area is 175 Å². The van der Waals surface area contributed by atoms with Crippen molar-refractivity contribution in [1.82, 2.24) is 4.90 Å². The second-order valence-corrected chi connectivity index (χ2v) is 7.45. The lowest BCUT2D eigenvalue weighted by atomic mass is 10.1. The lowest BCUT2D eigenvalue weighted by molar-refractivity contribution is -0.384. The van der Waals surface area contributed by atoms with Gasteiger partial charge in [-0.05, 0) is 41.8 Å². The normalized spacial score (nSPS) is 10.6. The van der Waals surface area contributed by atoms with Crippen molar-refractivity contribution in [3.8, 4) is 11.5 Å². The molecule has 3 aromatic carbocycles. The summed E-state index contributed by atoms with van der Waals surface area (Å²) in [6, 6.07) is 22.9. The van der Waals surface area contributed by atoms with Crippen LogP contribution in [0.4, 0.5) is 5.69 Å². The first-order valence-electron chi connectivity index (χ1n) is 9.78. The summed E-state index contributed by atoms with van der Waals surface area (Å²) in [5, 5.41) is 11.1. The van der Waals surface area contributed by atoms with Gasteiger partial charge in [0.2, 0.25) is 0 Å². The second-order valence-electron chi connectivity index (χ2n) is 7.45. The topological polar surface area (TPSA) is 72.7 Å². The summed E-state index contributed by atoms with van der Waals surface area (Å²) in [6.07, 6.45) is 0. The van der Waals surface area contributed by atoms with Crippen molar-refractivity contribution in [2.24, 2.45) is 5.92 Å². The third-order valence-corrected chi connectivity index (χ3v) is 4.43. The number of nitro groups is 1. The zero-order valence-electron chi connectivity index (χ0n) is 17.0. The first kappa shape index (κ1) is 21.0. The molecule has 0 saturated heterocycles. The fourth-order valence-corrected chi connectivity index (χ4v) is 3.15. The van der Waals surface area contributed by atoms with Crippen molar-refractivity contribution >= 4 is 11.6 Å². The van der Waals surface area contributed by atoms with Crippen LogP contribution in [0.1, 0.15) is 29.8 Å². The molecule has 0 saturated carbocycles. The molecule has 0 unspecified atom stereocenters. The molecule has 0 bridgehead atoms. The third kappa shape index (κ3) is 5.67. The first-order chi connectivity index (χ1) is 14.4. The van der Waals surface area contributed by atoms with E-state index in [-0.39, 0.29) is 17.5 Å². The molecular formula is C24H24N2O4. The van der Waals surface area contributed by atoms with E-state index in [1.807, 2.05) is 68.4 Å². The fraction of sp³-hybridized carbons (Fsp3) is 0.208. The highest BCUT2D eigenvalue weighted by Crippen LogP contribution is 2.23. The van der Waals surface area contributed by atoms with Crippen LogP contribution in [0.15, 0.2) is 78.9 Å². The highest BCUT2D eigenvalue weighted by atomic mass is 16.6. The number of nitrogens with zero attached hydrogens (tertiary/aromatic N) is 2.